The lowest BCUT2D eigenvalue weighted by atomic mass is 10.0. The fourth-order valence-electron chi connectivity index (χ4n) is 5.19. The van der Waals surface area contributed by atoms with E-state index in [1.54, 1.807) is 0 Å². The van der Waals surface area contributed by atoms with Gasteiger partial charge in [0.25, 0.3) is 0 Å². The molecule has 4 N–H and O–H groups in total. The van der Waals surface area contributed by atoms with E-state index < -0.39 is 32.0 Å². The maximum Gasteiger partial charge on any atom is 0.326 e. The SMILES string of the molecule is CC(=O)N[C@@H](C)C(=O)N[C@@H](Cc1c(C#C[Si](C(C)C)(C(C)C)C(C)C)[nH]c2ccccc12)C(=O)O. The number of aromatic nitrogens is 1. The van der Waals surface area contributed by atoms with E-state index in [2.05, 4.69) is 68.6 Å². The van der Waals surface area contributed by atoms with Crippen LogP contribution in [0.1, 0.15) is 66.6 Å². The Morgan fingerprint density at radius 2 is 1.54 bits per heavy atom. The van der Waals surface area contributed by atoms with Crippen LogP contribution in [0.2, 0.25) is 16.6 Å². The number of rotatable bonds is 9. The van der Waals surface area contributed by atoms with Crippen molar-refractivity contribution in [3.05, 3.63) is 35.5 Å². The van der Waals surface area contributed by atoms with Crippen molar-refractivity contribution < 1.29 is 19.5 Å². The Labute approximate surface area is 209 Å². The summed E-state index contributed by atoms with van der Waals surface area (Å²) >= 11 is 0. The minimum Gasteiger partial charge on any atom is -0.480 e. The van der Waals surface area contributed by atoms with Gasteiger partial charge in [-0.05, 0) is 35.2 Å². The summed E-state index contributed by atoms with van der Waals surface area (Å²) in [7, 11) is -2.01. The third-order valence-electron chi connectivity index (χ3n) is 6.92. The Kier molecular flexibility index (Phi) is 9.33. The summed E-state index contributed by atoms with van der Waals surface area (Å²) in [5, 5.41) is 15.8. The lowest BCUT2D eigenvalue weighted by Gasteiger charge is -2.38. The van der Waals surface area contributed by atoms with Gasteiger partial charge in [0.15, 0.2) is 0 Å². The maximum atomic E-state index is 12.5. The molecular weight excluding hydrogens is 458 g/mol. The van der Waals surface area contributed by atoms with Gasteiger partial charge < -0.3 is 20.7 Å². The van der Waals surface area contributed by atoms with Crippen molar-refractivity contribution in [3.63, 3.8) is 0 Å². The molecule has 2 amide bonds. The monoisotopic (exact) mass is 497 g/mol. The van der Waals surface area contributed by atoms with E-state index >= 15 is 0 Å². The van der Waals surface area contributed by atoms with Gasteiger partial charge in [0.2, 0.25) is 11.8 Å². The van der Waals surface area contributed by atoms with Crippen LogP contribution in [-0.4, -0.2) is 48.0 Å². The molecule has 1 heterocycles. The van der Waals surface area contributed by atoms with E-state index in [1.165, 1.54) is 13.8 Å². The van der Waals surface area contributed by atoms with Gasteiger partial charge in [-0.25, -0.2) is 4.79 Å². The molecule has 7 nitrogen and oxygen atoms in total. The highest BCUT2D eigenvalue weighted by Gasteiger charge is 2.41. The van der Waals surface area contributed by atoms with Crippen LogP contribution in [0.4, 0.5) is 0 Å². The highest BCUT2D eigenvalue weighted by Crippen LogP contribution is 2.41. The average Bonchev–Trinajstić information content (AvgIpc) is 3.09. The summed E-state index contributed by atoms with van der Waals surface area (Å²) in [6.45, 7) is 16.3. The summed E-state index contributed by atoms with van der Waals surface area (Å²) in [6, 6.07) is 5.69. The van der Waals surface area contributed by atoms with E-state index in [4.69, 9.17) is 0 Å². The van der Waals surface area contributed by atoms with Crippen molar-refractivity contribution in [1.29, 1.82) is 0 Å². The van der Waals surface area contributed by atoms with Crippen LogP contribution in [0.3, 0.4) is 0 Å². The van der Waals surface area contributed by atoms with Crippen molar-refractivity contribution in [1.82, 2.24) is 15.6 Å². The van der Waals surface area contributed by atoms with Gasteiger partial charge in [0.1, 0.15) is 20.2 Å². The highest BCUT2D eigenvalue weighted by atomic mass is 28.3. The Morgan fingerprint density at radius 1 is 0.971 bits per heavy atom. The first-order chi connectivity index (χ1) is 16.3. The molecule has 2 atom stereocenters. The number of H-pyrrole nitrogens is 1. The number of para-hydroxylation sites is 1. The van der Waals surface area contributed by atoms with Gasteiger partial charge in [-0.15, -0.1) is 5.54 Å². The number of carbonyl (C=O) groups excluding carboxylic acids is 2. The van der Waals surface area contributed by atoms with Crippen molar-refractivity contribution in [2.45, 2.75) is 90.5 Å². The minimum absolute atomic E-state index is 0.0709. The zero-order valence-electron chi connectivity index (χ0n) is 22.1. The Morgan fingerprint density at radius 3 is 2.06 bits per heavy atom. The zero-order valence-corrected chi connectivity index (χ0v) is 23.1. The Hall–Kier alpha value is -3.05. The first kappa shape index (κ1) is 28.2. The van der Waals surface area contributed by atoms with E-state index in [0.29, 0.717) is 22.3 Å². The first-order valence-corrected chi connectivity index (χ1v) is 14.5. The number of aliphatic carboxylic acids is 1. The second-order valence-corrected chi connectivity index (χ2v) is 15.8. The summed E-state index contributed by atoms with van der Waals surface area (Å²) in [4.78, 5) is 39.3. The van der Waals surface area contributed by atoms with Gasteiger partial charge in [-0.2, -0.15) is 0 Å². The Balaban J connectivity index is 2.54. The van der Waals surface area contributed by atoms with Gasteiger partial charge >= 0.3 is 5.97 Å². The predicted molar refractivity (Wildman–Crippen MR) is 143 cm³/mol. The molecule has 0 spiro atoms. The molecule has 0 saturated carbocycles. The van der Waals surface area contributed by atoms with Crippen molar-refractivity contribution in [3.8, 4) is 11.5 Å². The first-order valence-electron chi connectivity index (χ1n) is 12.2. The van der Waals surface area contributed by atoms with Crippen LogP contribution < -0.4 is 10.6 Å². The summed E-state index contributed by atoms with van der Waals surface area (Å²) < 4.78 is 0. The van der Waals surface area contributed by atoms with Gasteiger partial charge in [0.05, 0.1) is 5.69 Å². The minimum atomic E-state index is -2.01. The number of hydrogen-bond acceptors (Lipinski definition) is 3. The lowest BCUT2D eigenvalue weighted by molar-refractivity contribution is -0.142. The number of amides is 2. The smallest absolute Gasteiger partial charge is 0.326 e. The van der Waals surface area contributed by atoms with E-state index in [1.807, 2.05) is 24.3 Å². The molecule has 1 aromatic heterocycles. The molecule has 1 aromatic carbocycles. The van der Waals surface area contributed by atoms with Crippen LogP contribution in [0, 0.1) is 11.5 Å². The molecule has 0 bridgehead atoms. The number of nitrogens with one attached hydrogen (secondary N) is 3. The molecule has 0 unspecified atom stereocenters. The fourth-order valence-corrected chi connectivity index (χ4v) is 10.4. The molecule has 2 aromatic rings. The van der Waals surface area contributed by atoms with Gasteiger partial charge in [-0.1, -0.05) is 65.7 Å². The van der Waals surface area contributed by atoms with Crippen LogP contribution in [0.25, 0.3) is 10.9 Å². The quantitative estimate of drug-likeness (QED) is 0.304. The second-order valence-electron chi connectivity index (χ2n) is 10.2. The molecule has 8 heteroatoms. The lowest BCUT2D eigenvalue weighted by Crippen LogP contribution is -2.50. The van der Waals surface area contributed by atoms with Crippen LogP contribution in [-0.2, 0) is 20.8 Å². The average molecular weight is 498 g/mol. The third kappa shape index (κ3) is 6.34. The number of aromatic amines is 1. The van der Waals surface area contributed by atoms with Crippen molar-refractivity contribution in [2.75, 3.05) is 0 Å². The van der Waals surface area contributed by atoms with E-state index in [-0.39, 0.29) is 12.3 Å². The predicted octanol–water partition coefficient (Wildman–Crippen LogP) is 4.37. The topological polar surface area (TPSA) is 111 Å². The fraction of sp³-hybridized carbons (Fsp3) is 0.519. The normalized spacial score (nSPS) is 13.5. The molecule has 0 aliphatic carbocycles. The molecule has 2 rings (SSSR count). The maximum absolute atomic E-state index is 12.5. The molecule has 0 aliphatic heterocycles. The summed E-state index contributed by atoms with van der Waals surface area (Å²) in [5.41, 5.74) is 7.43. The molecule has 35 heavy (non-hydrogen) atoms. The van der Waals surface area contributed by atoms with Crippen LogP contribution in [0.15, 0.2) is 24.3 Å². The largest absolute Gasteiger partial charge is 0.480 e. The van der Waals surface area contributed by atoms with Crippen LogP contribution in [0.5, 0.6) is 0 Å². The molecular formula is C27H39N3O4Si. The highest BCUT2D eigenvalue weighted by molar-refractivity contribution is 6.90. The summed E-state index contributed by atoms with van der Waals surface area (Å²) in [5.74, 6) is 1.37. The zero-order chi connectivity index (χ0) is 26.5. The van der Waals surface area contributed by atoms with E-state index in [9.17, 15) is 19.5 Å². The third-order valence-corrected chi connectivity index (χ3v) is 13.2. The number of carboxylic acids is 1. The van der Waals surface area contributed by atoms with E-state index in [0.717, 1.165) is 16.5 Å². The molecule has 190 valence electrons. The Bertz CT molecular complexity index is 1120. The number of carbonyl (C=O) groups is 3. The standard InChI is InChI=1S/C27H39N3O4Si/c1-16(2)35(17(3)4,18(5)6)14-13-24-22(21-11-9-10-12-23(21)29-24)15-25(27(33)34)30-26(32)19(7)28-20(8)31/h9-12,16-19,25,29H,15H2,1-8H3,(H,28,31)(H,30,32)(H,33,34)/t19-,25-/m0/s1. The molecule has 0 saturated heterocycles. The molecule has 0 radical (unpaired) electrons. The van der Waals surface area contributed by atoms with Gasteiger partial charge in [0, 0.05) is 24.2 Å². The molecule has 0 aliphatic rings. The van der Waals surface area contributed by atoms with Crippen molar-refractivity contribution >= 4 is 36.8 Å². The van der Waals surface area contributed by atoms with Crippen LogP contribution >= 0.6 is 0 Å². The van der Waals surface area contributed by atoms with Gasteiger partial charge in [-0.3, -0.25) is 9.59 Å². The number of fused-ring (bicyclic) bond motifs is 1. The number of benzene rings is 1. The number of hydrogen-bond donors (Lipinski definition) is 4. The summed E-state index contributed by atoms with van der Waals surface area (Å²) in [6.07, 6.45) is 0.0709. The van der Waals surface area contributed by atoms with Crippen molar-refractivity contribution in [2.24, 2.45) is 0 Å². The second kappa shape index (κ2) is 11.6. The number of carboxylic acid groups (broad SMARTS) is 1. The molecule has 0 fully saturated rings.